The fourth-order valence-corrected chi connectivity index (χ4v) is 3.43. The van der Waals surface area contributed by atoms with Crippen molar-refractivity contribution in [3.63, 3.8) is 0 Å². The van der Waals surface area contributed by atoms with Gasteiger partial charge >= 0.3 is 5.97 Å². The van der Waals surface area contributed by atoms with Crippen LogP contribution in [0.3, 0.4) is 0 Å². The van der Waals surface area contributed by atoms with E-state index in [4.69, 9.17) is 106 Å². The number of carbonyl (C=O) groups excluding carboxylic acids is 1. The van der Waals surface area contributed by atoms with Crippen molar-refractivity contribution in [2.24, 2.45) is 11.8 Å². The Morgan fingerprint density at radius 1 is 0.329 bits per heavy atom. The molecule has 0 bridgehead atoms. The molecule has 23 heteroatoms. The first kappa shape index (κ1) is 141. The molecule has 0 aromatic carbocycles. The van der Waals surface area contributed by atoms with Gasteiger partial charge in [-0.15, -0.1) is 0 Å². The van der Waals surface area contributed by atoms with Crippen molar-refractivity contribution >= 4 is 5.97 Å². The maximum absolute atomic E-state index is 11.4. The minimum atomic E-state index is -0.339. The van der Waals surface area contributed by atoms with E-state index in [2.05, 4.69) is 39.2 Å². The zero-order valence-corrected chi connectivity index (χ0v) is 60.4. The van der Waals surface area contributed by atoms with Crippen LogP contribution in [0.4, 0.5) is 0 Å². The molecule has 2 unspecified atom stereocenters. The Bertz CT molecular complexity index is 621. The van der Waals surface area contributed by atoms with E-state index in [1.807, 2.05) is 0 Å². The van der Waals surface area contributed by atoms with Crippen LogP contribution in [0.5, 0.6) is 0 Å². The van der Waals surface area contributed by atoms with Crippen molar-refractivity contribution in [1.29, 1.82) is 0 Å². The number of esters is 1. The van der Waals surface area contributed by atoms with Gasteiger partial charge in [0.15, 0.2) is 0 Å². The summed E-state index contributed by atoms with van der Waals surface area (Å²) >= 11 is 0. The molecule has 0 heterocycles. The van der Waals surface area contributed by atoms with Gasteiger partial charge in [-0.05, 0) is 163 Å². The summed E-state index contributed by atoms with van der Waals surface area (Å²) in [5.74, 6) is 1.22. The van der Waals surface area contributed by atoms with Gasteiger partial charge in [-0.3, -0.25) is 0 Å². The molecule has 23 nitrogen and oxygen atoms in total. The van der Waals surface area contributed by atoms with E-state index in [0.29, 0.717) is 25.4 Å². The highest BCUT2D eigenvalue weighted by molar-refractivity contribution is 5.86. The van der Waals surface area contributed by atoms with Gasteiger partial charge in [0.2, 0.25) is 0 Å². The van der Waals surface area contributed by atoms with Crippen molar-refractivity contribution < 1.29 is 111 Å². The minimum absolute atomic E-state index is 0.250. The van der Waals surface area contributed by atoms with Crippen LogP contribution in [0, 0.1) is 11.8 Å². The van der Waals surface area contributed by atoms with E-state index in [1.165, 1.54) is 64.5 Å². The van der Waals surface area contributed by atoms with Gasteiger partial charge < -0.3 is 111 Å². The summed E-state index contributed by atoms with van der Waals surface area (Å²) in [6.07, 6.45) is 10.3. The maximum atomic E-state index is 11.4. The van der Waals surface area contributed by atoms with Crippen LogP contribution in [0.15, 0.2) is 12.2 Å². The SMILES string of the molecule is C=C(C)C(=O)OCCOCCN(CC(CC)CCCC)CC(CC)CCCC.CCO.CCO.CCO.CCO.CCO.CCO.CCO.CCO.CCO.CCO.CCO.CCO.CCO.CCO.CCO.CCO.CCO.CCO.CCO. The molecule has 0 fully saturated rings. The van der Waals surface area contributed by atoms with Crippen LogP contribution >= 0.6 is 0 Å². The largest absolute Gasteiger partial charge is 0.460 e. The molecule has 0 saturated heterocycles. The van der Waals surface area contributed by atoms with E-state index < -0.39 is 0 Å². The molecule has 19 N–H and O–H groups in total. The van der Waals surface area contributed by atoms with Crippen LogP contribution in [0.2, 0.25) is 0 Å². The van der Waals surface area contributed by atoms with Crippen LogP contribution in [-0.4, -0.2) is 273 Å². The van der Waals surface area contributed by atoms with Crippen LogP contribution < -0.4 is 0 Å². The third kappa shape index (κ3) is 541. The Balaban J connectivity index is -0.0000000338. The first-order valence-corrected chi connectivity index (χ1v) is 31.0. The van der Waals surface area contributed by atoms with Gasteiger partial charge in [0.05, 0.1) is 13.2 Å². The Hall–Kier alpha value is -1.63. The fraction of sp³-hybridized carbons (Fsp3) is 0.952. The molecule has 85 heavy (non-hydrogen) atoms. The van der Waals surface area contributed by atoms with Crippen LogP contribution in [0.25, 0.3) is 0 Å². The number of nitrogens with zero attached hydrogens (tertiary/aromatic N) is 1. The highest BCUT2D eigenvalue weighted by atomic mass is 16.6. The monoisotopic (exact) mass is 1270 g/mol. The number of aliphatic hydroxyl groups excluding tert-OH is 19. The van der Waals surface area contributed by atoms with Crippen molar-refractivity contribution in [3.8, 4) is 0 Å². The van der Waals surface area contributed by atoms with Crippen molar-refractivity contribution in [1.82, 2.24) is 4.90 Å². The summed E-state index contributed by atoms with van der Waals surface area (Å²) in [5, 5.41) is 144. The molecular weight excluding hydrogens is 1110 g/mol. The van der Waals surface area contributed by atoms with E-state index in [1.54, 1.807) is 138 Å². The Morgan fingerprint density at radius 3 is 0.647 bits per heavy atom. The molecule has 0 amide bonds. The predicted molar refractivity (Wildman–Crippen MR) is 362 cm³/mol. The molecule has 0 aliphatic rings. The predicted octanol–water partition coefficient (Wildman–Crippen LogP) is 5.83. The normalized spacial score (nSPS) is 8.47. The second-order valence-electron chi connectivity index (χ2n) is 14.1. The number of carbonyl (C=O) groups is 1. The lowest BCUT2D eigenvalue weighted by atomic mass is 9.96. The number of aliphatic hydroxyl groups is 19. The van der Waals surface area contributed by atoms with Gasteiger partial charge in [-0.25, -0.2) is 4.79 Å². The highest BCUT2D eigenvalue weighted by Gasteiger charge is 2.17. The average molecular weight is 1270 g/mol. The lowest BCUT2D eigenvalue weighted by Gasteiger charge is -2.30. The van der Waals surface area contributed by atoms with Crippen molar-refractivity contribution in [2.75, 3.05) is 165 Å². The van der Waals surface area contributed by atoms with E-state index >= 15 is 0 Å². The van der Waals surface area contributed by atoms with Gasteiger partial charge in [0.25, 0.3) is 0 Å². The summed E-state index contributed by atoms with van der Waals surface area (Å²) in [5.41, 5.74) is 0.432. The molecule has 0 aromatic heterocycles. The number of unbranched alkanes of at least 4 members (excludes halogenated alkanes) is 2. The number of ether oxygens (including phenoxy) is 2. The molecule has 0 aromatic rings. The zero-order valence-electron chi connectivity index (χ0n) is 60.4. The Kier molecular flexibility index (Phi) is 386. The van der Waals surface area contributed by atoms with Gasteiger partial charge in [0, 0.05) is 151 Å². The molecule has 0 aliphatic heterocycles. The molecular formula is C62H161NO22. The van der Waals surface area contributed by atoms with Crippen LogP contribution in [0.1, 0.15) is 218 Å². The number of rotatable bonds is 19. The smallest absolute Gasteiger partial charge is 0.333 e. The first-order chi connectivity index (χ1) is 40.3. The third-order valence-corrected chi connectivity index (χ3v) is 5.48. The summed E-state index contributed by atoms with van der Waals surface area (Å²) in [4.78, 5) is 14.0. The Labute approximate surface area is 527 Å². The second-order valence-corrected chi connectivity index (χ2v) is 14.1. The van der Waals surface area contributed by atoms with Crippen molar-refractivity contribution in [2.45, 2.75) is 218 Å². The molecule has 2 atom stereocenters. The number of hydrogen-bond acceptors (Lipinski definition) is 23. The summed E-state index contributed by atoms with van der Waals surface area (Å²) in [6.45, 7) is 55.9. The fourth-order valence-electron chi connectivity index (χ4n) is 3.43. The van der Waals surface area contributed by atoms with Crippen molar-refractivity contribution in [3.05, 3.63) is 12.2 Å². The molecule has 0 spiro atoms. The van der Waals surface area contributed by atoms with Gasteiger partial charge in [-0.1, -0.05) is 72.8 Å². The molecule has 0 saturated carbocycles. The van der Waals surface area contributed by atoms with Crippen LogP contribution in [-0.2, 0) is 14.3 Å². The van der Waals surface area contributed by atoms with E-state index in [0.717, 1.165) is 18.4 Å². The average Bonchev–Trinajstić information content (AvgIpc) is 3.41. The second kappa shape index (κ2) is 233. The highest BCUT2D eigenvalue weighted by Crippen LogP contribution is 2.19. The minimum Gasteiger partial charge on any atom is -0.460 e. The molecule has 546 valence electrons. The lowest BCUT2D eigenvalue weighted by molar-refractivity contribution is -0.140. The first-order valence-electron chi connectivity index (χ1n) is 31.0. The standard InChI is InChI=1S/C24H47NO3.19C2H6O/c1-7-11-13-22(9-3)19-25(20-23(10-4)14-12-8-2)15-16-27-17-18-28-24(26)21(5)6;19*1-2-3/h22-23H,5,7-20H2,1-4,6H3;19*3H,2H2,1H3. The summed E-state index contributed by atoms with van der Waals surface area (Å²) in [6, 6.07) is 0. The summed E-state index contributed by atoms with van der Waals surface area (Å²) in [7, 11) is 0. The Morgan fingerprint density at radius 2 is 0.506 bits per heavy atom. The topological polar surface area (TPSA) is 423 Å². The molecule has 0 radical (unpaired) electrons. The van der Waals surface area contributed by atoms with E-state index in [-0.39, 0.29) is 132 Å². The zero-order chi connectivity index (χ0) is 72.6. The third-order valence-electron chi connectivity index (χ3n) is 5.48. The lowest BCUT2D eigenvalue weighted by Crippen LogP contribution is -2.36. The summed E-state index contributed by atoms with van der Waals surface area (Å²) < 4.78 is 10.8. The molecule has 0 aliphatic carbocycles. The molecule has 0 rings (SSSR count). The quantitative estimate of drug-likeness (QED) is 0.0411. The number of hydrogen-bond donors (Lipinski definition) is 19. The van der Waals surface area contributed by atoms with Gasteiger partial charge in [0.1, 0.15) is 6.61 Å². The van der Waals surface area contributed by atoms with E-state index in [9.17, 15) is 4.79 Å². The maximum Gasteiger partial charge on any atom is 0.333 e. The van der Waals surface area contributed by atoms with Gasteiger partial charge in [-0.2, -0.15) is 0 Å².